The zero-order valence-corrected chi connectivity index (χ0v) is 13.7. The van der Waals surface area contributed by atoms with Crippen LogP contribution in [-0.2, 0) is 6.54 Å². The zero-order chi connectivity index (χ0) is 15.6. The van der Waals surface area contributed by atoms with E-state index in [1.165, 1.54) is 0 Å². The molecule has 0 atom stereocenters. The minimum atomic E-state index is 0.301. The molecular formula is C15H24N6. The molecule has 0 bridgehead atoms. The normalized spacial score (nSPS) is 11.6. The van der Waals surface area contributed by atoms with Crippen molar-refractivity contribution in [1.29, 1.82) is 0 Å². The van der Waals surface area contributed by atoms with Crippen LogP contribution in [0.4, 0.5) is 0 Å². The standard InChI is InChI=1S/C15H24N6/c1-9(2)15-17-8-14(13(19-15)7-16-10(3)4)21-12(6)18-11(5)20-21/h8-10,16H,7H2,1-6H3. The van der Waals surface area contributed by atoms with Crippen LogP contribution in [-0.4, -0.2) is 30.8 Å². The summed E-state index contributed by atoms with van der Waals surface area (Å²) in [5.41, 5.74) is 1.85. The Morgan fingerprint density at radius 1 is 1.14 bits per heavy atom. The molecule has 0 saturated carbocycles. The van der Waals surface area contributed by atoms with E-state index in [4.69, 9.17) is 4.98 Å². The first-order valence-electron chi connectivity index (χ1n) is 7.38. The van der Waals surface area contributed by atoms with Crippen LogP contribution in [0.2, 0.25) is 0 Å². The highest BCUT2D eigenvalue weighted by molar-refractivity contribution is 5.34. The van der Waals surface area contributed by atoms with Crippen LogP contribution < -0.4 is 5.32 Å². The molecular weight excluding hydrogens is 264 g/mol. The molecule has 0 aliphatic heterocycles. The molecule has 0 aromatic carbocycles. The Morgan fingerprint density at radius 3 is 2.38 bits per heavy atom. The summed E-state index contributed by atoms with van der Waals surface area (Å²) in [6.45, 7) is 13.0. The predicted molar refractivity (Wildman–Crippen MR) is 82.5 cm³/mol. The van der Waals surface area contributed by atoms with Crippen molar-refractivity contribution in [2.75, 3.05) is 0 Å². The summed E-state index contributed by atoms with van der Waals surface area (Å²) in [6, 6.07) is 0.397. The number of hydrogen-bond acceptors (Lipinski definition) is 5. The molecule has 2 rings (SSSR count). The lowest BCUT2D eigenvalue weighted by molar-refractivity contribution is 0.573. The Hall–Kier alpha value is -1.82. The van der Waals surface area contributed by atoms with Gasteiger partial charge in [0.2, 0.25) is 0 Å². The van der Waals surface area contributed by atoms with Gasteiger partial charge >= 0.3 is 0 Å². The van der Waals surface area contributed by atoms with Crippen molar-refractivity contribution < 1.29 is 0 Å². The van der Waals surface area contributed by atoms with Crippen LogP contribution in [0.15, 0.2) is 6.20 Å². The Kier molecular flexibility index (Phi) is 4.67. The van der Waals surface area contributed by atoms with Gasteiger partial charge in [-0.15, -0.1) is 0 Å². The lowest BCUT2D eigenvalue weighted by atomic mass is 10.2. The predicted octanol–water partition coefficient (Wildman–Crippen LogP) is 2.30. The number of nitrogens with one attached hydrogen (secondary N) is 1. The molecule has 1 N–H and O–H groups in total. The van der Waals surface area contributed by atoms with Gasteiger partial charge in [-0.2, -0.15) is 5.10 Å². The molecule has 0 saturated heterocycles. The summed E-state index contributed by atoms with van der Waals surface area (Å²) in [4.78, 5) is 13.5. The van der Waals surface area contributed by atoms with Gasteiger partial charge in [0.25, 0.3) is 0 Å². The van der Waals surface area contributed by atoms with E-state index < -0.39 is 0 Å². The van der Waals surface area contributed by atoms with Gasteiger partial charge in [0.15, 0.2) is 0 Å². The maximum Gasteiger partial charge on any atom is 0.148 e. The SMILES string of the molecule is Cc1nc(C)n(-c2cnc(C(C)C)nc2CNC(C)C)n1. The molecule has 2 aromatic rings. The lowest BCUT2D eigenvalue weighted by Crippen LogP contribution is -2.24. The molecule has 6 heteroatoms. The van der Waals surface area contributed by atoms with Crippen molar-refractivity contribution in [3.63, 3.8) is 0 Å². The Bertz CT molecular complexity index is 615. The fourth-order valence-corrected chi connectivity index (χ4v) is 2.06. The monoisotopic (exact) mass is 288 g/mol. The Balaban J connectivity index is 2.46. The highest BCUT2D eigenvalue weighted by atomic mass is 15.4. The highest BCUT2D eigenvalue weighted by Crippen LogP contribution is 2.16. The molecule has 0 spiro atoms. The molecule has 6 nitrogen and oxygen atoms in total. The van der Waals surface area contributed by atoms with Gasteiger partial charge in [-0.1, -0.05) is 27.7 Å². The van der Waals surface area contributed by atoms with Crippen molar-refractivity contribution >= 4 is 0 Å². The summed E-state index contributed by atoms with van der Waals surface area (Å²) in [5.74, 6) is 2.76. The minimum Gasteiger partial charge on any atom is -0.309 e. The highest BCUT2D eigenvalue weighted by Gasteiger charge is 2.14. The molecule has 21 heavy (non-hydrogen) atoms. The smallest absolute Gasteiger partial charge is 0.148 e. The number of nitrogens with zero attached hydrogens (tertiary/aromatic N) is 5. The maximum atomic E-state index is 4.71. The molecule has 0 unspecified atom stereocenters. The summed E-state index contributed by atoms with van der Waals surface area (Å²) >= 11 is 0. The van der Waals surface area contributed by atoms with Crippen molar-refractivity contribution in [3.8, 4) is 5.69 Å². The maximum absolute atomic E-state index is 4.71. The fraction of sp³-hybridized carbons (Fsp3) is 0.600. The van der Waals surface area contributed by atoms with Gasteiger partial charge < -0.3 is 5.32 Å². The first-order chi connectivity index (χ1) is 9.88. The van der Waals surface area contributed by atoms with Crippen molar-refractivity contribution in [3.05, 3.63) is 29.4 Å². The van der Waals surface area contributed by atoms with E-state index in [1.807, 2.05) is 24.7 Å². The third-order valence-corrected chi connectivity index (χ3v) is 3.16. The Morgan fingerprint density at radius 2 is 1.86 bits per heavy atom. The minimum absolute atomic E-state index is 0.301. The van der Waals surface area contributed by atoms with Crippen molar-refractivity contribution in [2.24, 2.45) is 0 Å². The van der Waals surface area contributed by atoms with E-state index >= 15 is 0 Å². The van der Waals surface area contributed by atoms with Gasteiger partial charge in [-0.05, 0) is 13.8 Å². The van der Waals surface area contributed by atoms with Crippen LogP contribution >= 0.6 is 0 Å². The van der Waals surface area contributed by atoms with Gasteiger partial charge in [0, 0.05) is 18.5 Å². The first-order valence-corrected chi connectivity index (χ1v) is 7.38. The van der Waals surface area contributed by atoms with Crippen LogP contribution in [0.25, 0.3) is 5.69 Å². The van der Waals surface area contributed by atoms with Gasteiger partial charge in [-0.25, -0.2) is 19.6 Å². The molecule has 0 aliphatic rings. The largest absolute Gasteiger partial charge is 0.309 e. The second-order valence-electron chi connectivity index (χ2n) is 5.87. The lowest BCUT2D eigenvalue weighted by Gasteiger charge is -2.14. The quantitative estimate of drug-likeness (QED) is 0.914. The number of hydrogen-bond donors (Lipinski definition) is 1. The molecule has 2 aromatic heterocycles. The van der Waals surface area contributed by atoms with Crippen LogP contribution in [0, 0.1) is 13.8 Å². The van der Waals surface area contributed by atoms with Crippen molar-refractivity contribution in [1.82, 2.24) is 30.0 Å². The van der Waals surface area contributed by atoms with Crippen LogP contribution in [0.1, 0.15) is 56.8 Å². The Labute approximate surface area is 126 Å². The summed E-state index contributed by atoms with van der Waals surface area (Å²) < 4.78 is 1.82. The number of aryl methyl sites for hydroxylation is 2. The number of aromatic nitrogens is 5. The molecule has 2 heterocycles. The molecule has 0 aliphatic carbocycles. The van der Waals surface area contributed by atoms with Crippen LogP contribution in [0.3, 0.4) is 0 Å². The van der Waals surface area contributed by atoms with E-state index in [0.717, 1.165) is 28.9 Å². The van der Waals surface area contributed by atoms with E-state index in [2.05, 4.69) is 48.1 Å². The third-order valence-electron chi connectivity index (χ3n) is 3.16. The summed E-state index contributed by atoms with van der Waals surface area (Å²) in [6.07, 6.45) is 1.85. The summed E-state index contributed by atoms with van der Waals surface area (Å²) in [7, 11) is 0. The number of rotatable bonds is 5. The van der Waals surface area contributed by atoms with Gasteiger partial charge in [-0.3, -0.25) is 0 Å². The molecule has 114 valence electrons. The van der Waals surface area contributed by atoms with E-state index in [9.17, 15) is 0 Å². The van der Waals surface area contributed by atoms with Gasteiger partial charge in [0.1, 0.15) is 23.2 Å². The zero-order valence-electron chi connectivity index (χ0n) is 13.7. The second kappa shape index (κ2) is 6.30. The topological polar surface area (TPSA) is 68.5 Å². The second-order valence-corrected chi connectivity index (χ2v) is 5.87. The average Bonchev–Trinajstić information content (AvgIpc) is 2.74. The first kappa shape index (κ1) is 15.6. The average molecular weight is 288 g/mol. The molecule has 0 amide bonds. The summed E-state index contributed by atoms with van der Waals surface area (Å²) in [5, 5.41) is 7.85. The third kappa shape index (κ3) is 3.64. The molecule has 0 fully saturated rings. The fourth-order valence-electron chi connectivity index (χ4n) is 2.06. The van der Waals surface area contributed by atoms with Crippen LogP contribution in [0.5, 0.6) is 0 Å². The van der Waals surface area contributed by atoms with E-state index in [-0.39, 0.29) is 0 Å². The van der Waals surface area contributed by atoms with E-state index in [0.29, 0.717) is 18.5 Å². The van der Waals surface area contributed by atoms with E-state index in [1.54, 1.807) is 0 Å². The molecule has 0 radical (unpaired) electrons. The van der Waals surface area contributed by atoms with Crippen molar-refractivity contribution in [2.45, 2.75) is 60.0 Å². The van der Waals surface area contributed by atoms with Gasteiger partial charge in [0.05, 0.1) is 11.9 Å².